The molecule has 1 aromatic carbocycles. The molecule has 1 amide bonds. The normalized spacial score (nSPS) is 20.6. The zero-order chi connectivity index (χ0) is 12.2. The lowest BCUT2D eigenvalue weighted by molar-refractivity contribution is 0.0697. The summed E-state index contributed by atoms with van der Waals surface area (Å²) < 4.78 is 0. The molecule has 1 aromatic rings. The van der Waals surface area contributed by atoms with Crippen molar-refractivity contribution >= 4 is 29.1 Å². The molecule has 1 heterocycles. The Morgan fingerprint density at radius 1 is 1.35 bits per heavy atom. The van der Waals surface area contributed by atoms with Crippen LogP contribution in [0.2, 0.25) is 10.0 Å². The van der Waals surface area contributed by atoms with Crippen molar-refractivity contribution in [2.24, 2.45) is 5.92 Å². The van der Waals surface area contributed by atoms with Gasteiger partial charge in [0.25, 0.3) is 5.91 Å². The van der Waals surface area contributed by atoms with E-state index in [0.29, 0.717) is 34.1 Å². The molecule has 4 heteroatoms. The van der Waals surface area contributed by atoms with Crippen LogP contribution in [0.4, 0.5) is 0 Å². The fourth-order valence-electron chi connectivity index (χ4n) is 2.55. The van der Waals surface area contributed by atoms with Crippen LogP contribution < -0.4 is 0 Å². The zero-order valence-electron chi connectivity index (χ0n) is 9.54. The van der Waals surface area contributed by atoms with Gasteiger partial charge in [0.1, 0.15) is 0 Å². The van der Waals surface area contributed by atoms with Crippen molar-refractivity contribution in [3.8, 4) is 0 Å². The topological polar surface area (TPSA) is 20.3 Å². The predicted molar refractivity (Wildman–Crippen MR) is 68.5 cm³/mol. The van der Waals surface area contributed by atoms with Gasteiger partial charge < -0.3 is 4.90 Å². The van der Waals surface area contributed by atoms with Crippen LogP contribution >= 0.6 is 23.2 Å². The fraction of sp³-hybridized carbons (Fsp3) is 0.462. The van der Waals surface area contributed by atoms with Gasteiger partial charge in [0.2, 0.25) is 0 Å². The van der Waals surface area contributed by atoms with Crippen molar-refractivity contribution < 1.29 is 4.79 Å². The first-order chi connectivity index (χ1) is 8.08. The number of rotatable bonds is 2. The molecule has 2 aliphatic rings. The SMILES string of the molecule is CC(C1CC1)N1Cc2cc(Cl)cc(Cl)c2C1=O. The second-order valence-electron chi connectivity index (χ2n) is 4.93. The molecule has 1 fully saturated rings. The third-order valence-corrected chi connectivity index (χ3v) is 4.26. The van der Waals surface area contributed by atoms with E-state index in [2.05, 4.69) is 6.92 Å². The Morgan fingerprint density at radius 3 is 2.71 bits per heavy atom. The van der Waals surface area contributed by atoms with Crippen molar-refractivity contribution in [2.75, 3.05) is 0 Å². The van der Waals surface area contributed by atoms with Gasteiger partial charge in [-0.3, -0.25) is 4.79 Å². The number of carbonyl (C=O) groups is 1. The summed E-state index contributed by atoms with van der Waals surface area (Å²) in [5.41, 5.74) is 1.60. The van der Waals surface area contributed by atoms with Gasteiger partial charge in [0.05, 0.1) is 10.6 Å². The van der Waals surface area contributed by atoms with Crippen LogP contribution in [0.1, 0.15) is 35.7 Å². The molecule has 0 saturated heterocycles. The van der Waals surface area contributed by atoms with Crippen molar-refractivity contribution in [2.45, 2.75) is 32.4 Å². The third kappa shape index (κ3) is 1.84. The third-order valence-electron chi connectivity index (χ3n) is 3.75. The minimum Gasteiger partial charge on any atom is -0.331 e. The standard InChI is InChI=1S/C13H13Cl2NO/c1-7(8-2-3-8)16-6-9-4-10(14)5-11(15)12(9)13(16)17/h4-5,7-8H,2-3,6H2,1H3. The largest absolute Gasteiger partial charge is 0.331 e. The number of benzene rings is 1. The van der Waals surface area contributed by atoms with Crippen LogP contribution in [-0.2, 0) is 6.54 Å². The maximum atomic E-state index is 12.3. The van der Waals surface area contributed by atoms with E-state index in [4.69, 9.17) is 23.2 Å². The van der Waals surface area contributed by atoms with E-state index >= 15 is 0 Å². The maximum absolute atomic E-state index is 12.3. The van der Waals surface area contributed by atoms with Gasteiger partial charge in [-0.05, 0) is 43.4 Å². The lowest BCUT2D eigenvalue weighted by Crippen LogP contribution is -2.34. The summed E-state index contributed by atoms with van der Waals surface area (Å²) in [4.78, 5) is 14.2. The highest BCUT2D eigenvalue weighted by Crippen LogP contribution is 2.40. The van der Waals surface area contributed by atoms with Crippen LogP contribution in [0.25, 0.3) is 0 Å². The first-order valence-electron chi connectivity index (χ1n) is 5.87. The molecular formula is C13H13Cl2NO. The first kappa shape index (κ1) is 11.4. The smallest absolute Gasteiger partial charge is 0.256 e. The molecule has 1 aliphatic heterocycles. The Morgan fingerprint density at radius 2 is 2.06 bits per heavy atom. The van der Waals surface area contributed by atoms with Gasteiger partial charge in [-0.15, -0.1) is 0 Å². The second-order valence-corrected chi connectivity index (χ2v) is 5.78. The number of halogens is 2. The number of hydrogen-bond donors (Lipinski definition) is 0. The average molecular weight is 270 g/mol. The highest BCUT2D eigenvalue weighted by atomic mass is 35.5. The molecule has 0 bridgehead atoms. The van der Waals surface area contributed by atoms with Gasteiger partial charge >= 0.3 is 0 Å². The lowest BCUT2D eigenvalue weighted by Gasteiger charge is -2.23. The van der Waals surface area contributed by atoms with Crippen LogP contribution in [0.15, 0.2) is 12.1 Å². The van der Waals surface area contributed by atoms with E-state index in [1.54, 1.807) is 6.07 Å². The molecule has 3 rings (SSSR count). The number of hydrogen-bond acceptors (Lipinski definition) is 1. The lowest BCUT2D eigenvalue weighted by atomic mass is 10.1. The Kier molecular flexibility index (Phi) is 2.60. The van der Waals surface area contributed by atoms with Crippen molar-refractivity contribution in [3.63, 3.8) is 0 Å². The molecule has 0 radical (unpaired) electrons. The van der Waals surface area contributed by atoms with E-state index < -0.39 is 0 Å². The maximum Gasteiger partial charge on any atom is 0.256 e. The Hall–Kier alpha value is -0.730. The first-order valence-corrected chi connectivity index (χ1v) is 6.62. The van der Waals surface area contributed by atoms with E-state index in [9.17, 15) is 4.79 Å². The molecule has 1 atom stereocenters. The molecule has 90 valence electrons. The van der Waals surface area contributed by atoms with Crippen LogP contribution in [0.3, 0.4) is 0 Å². The molecule has 2 nitrogen and oxygen atoms in total. The molecule has 0 aromatic heterocycles. The zero-order valence-corrected chi connectivity index (χ0v) is 11.1. The predicted octanol–water partition coefficient (Wildman–Crippen LogP) is 3.75. The Bertz CT molecular complexity index is 496. The monoisotopic (exact) mass is 269 g/mol. The van der Waals surface area contributed by atoms with Crippen molar-refractivity contribution in [1.82, 2.24) is 4.90 Å². The Balaban J connectivity index is 1.96. The van der Waals surface area contributed by atoms with E-state index in [0.717, 1.165) is 5.56 Å². The van der Waals surface area contributed by atoms with Crippen LogP contribution in [0.5, 0.6) is 0 Å². The average Bonchev–Trinajstić information content (AvgIpc) is 3.03. The highest BCUT2D eigenvalue weighted by molar-refractivity contribution is 6.37. The minimum atomic E-state index is 0.0565. The summed E-state index contributed by atoms with van der Waals surface area (Å²) in [7, 11) is 0. The van der Waals surface area contributed by atoms with E-state index in [1.807, 2.05) is 11.0 Å². The fourth-order valence-corrected chi connectivity index (χ4v) is 3.17. The van der Waals surface area contributed by atoms with Gasteiger partial charge in [-0.25, -0.2) is 0 Å². The molecule has 1 unspecified atom stereocenters. The Labute approximate surface area is 111 Å². The molecule has 17 heavy (non-hydrogen) atoms. The highest BCUT2D eigenvalue weighted by Gasteiger charge is 2.39. The van der Waals surface area contributed by atoms with Gasteiger partial charge in [-0.1, -0.05) is 23.2 Å². The van der Waals surface area contributed by atoms with Crippen molar-refractivity contribution in [1.29, 1.82) is 0 Å². The summed E-state index contributed by atoms with van der Waals surface area (Å²) in [6.45, 7) is 2.77. The van der Waals surface area contributed by atoms with E-state index in [1.165, 1.54) is 12.8 Å². The molecule has 1 aliphatic carbocycles. The quantitative estimate of drug-likeness (QED) is 0.801. The number of nitrogens with zero attached hydrogens (tertiary/aromatic N) is 1. The molecule has 1 saturated carbocycles. The molecular weight excluding hydrogens is 257 g/mol. The number of amides is 1. The summed E-state index contributed by atoms with van der Waals surface area (Å²) in [6.07, 6.45) is 2.46. The number of fused-ring (bicyclic) bond motifs is 1. The van der Waals surface area contributed by atoms with Crippen molar-refractivity contribution in [3.05, 3.63) is 33.3 Å². The van der Waals surface area contributed by atoms with Gasteiger partial charge in [0.15, 0.2) is 0 Å². The summed E-state index contributed by atoms with van der Waals surface area (Å²) in [6, 6.07) is 3.80. The summed E-state index contributed by atoms with van der Waals surface area (Å²) in [5, 5.41) is 1.07. The van der Waals surface area contributed by atoms with Crippen LogP contribution in [-0.4, -0.2) is 16.8 Å². The molecule has 0 spiro atoms. The second kappa shape index (κ2) is 3.89. The molecule has 0 N–H and O–H groups in total. The minimum absolute atomic E-state index is 0.0565. The summed E-state index contributed by atoms with van der Waals surface area (Å²) >= 11 is 12.1. The van der Waals surface area contributed by atoms with Crippen LogP contribution in [0, 0.1) is 5.92 Å². The van der Waals surface area contributed by atoms with Gasteiger partial charge in [0, 0.05) is 17.6 Å². The number of carbonyl (C=O) groups excluding carboxylic acids is 1. The van der Waals surface area contributed by atoms with Gasteiger partial charge in [-0.2, -0.15) is 0 Å². The van der Waals surface area contributed by atoms with E-state index in [-0.39, 0.29) is 5.91 Å². The summed E-state index contributed by atoms with van der Waals surface area (Å²) in [5.74, 6) is 0.726.